The van der Waals surface area contributed by atoms with E-state index in [4.69, 9.17) is 5.11 Å². The summed E-state index contributed by atoms with van der Waals surface area (Å²) < 4.78 is 0. The van der Waals surface area contributed by atoms with Crippen molar-refractivity contribution in [2.45, 2.75) is 13.0 Å². The number of aromatic nitrogens is 1. The van der Waals surface area contributed by atoms with Crippen LogP contribution in [0.3, 0.4) is 0 Å². The molecular formula is C13H14N2O2S. The number of likely N-dealkylation sites (N-methyl/N-ethyl adjacent to an activating group) is 1. The number of nitrogens with zero attached hydrogens (tertiary/aromatic N) is 1. The van der Waals surface area contributed by atoms with Crippen molar-refractivity contribution in [3.8, 4) is 11.3 Å². The molecule has 0 bridgehead atoms. The SMILES string of the molecule is CNC(C(=O)O)c1nc(-c2cccc(C)c2)cs1. The predicted molar refractivity (Wildman–Crippen MR) is 71.7 cm³/mol. The summed E-state index contributed by atoms with van der Waals surface area (Å²) in [5.41, 5.74) is 2.99. The third kappa shape index (κ3) is 2.57. The molecule has 1 atom stereocenters. The fourth-order valence-electron chi connectivity index (χ4n) is 1.71. The highest BCUT2D eigenvalue weighted by Crippen LogP contribution is 2.26. The molecule has 0 radical (unpaired) electrons. The van der Waals surface area contributed by atoms with Gasteiger partial charge in [0.2, 0.25) is 0 Å². The molecule has 2 aromatic rings. The van der Waals surface area contributed by atoms with Gasteiger partial charge in [0.05, 0.1) is 5.69 Å². The number of carbonyl (C=O) groups is 1. The Bertz CT molecular complexity index is 566. The third-order valence-electron chi connectivity index (χ3n) is 2.62. The first-order chi connectivity index (χ1) is 8.61. The summed E-state index contributed by atoms with van der Waals surface area (Å²) in [6.45, 7) is 2.02. The number of aliphatic carboxylic acids is 1. The van der Waals surface area contributed by atoms with E-state index in [9.17, 15) is 4.79 Å². The zero-order valence-electron chi connectivity index (χ0n) is 10.2. The van der Waals surface area contributed by atoms with Crippen molar-refractivity contribution in [2.75, 3.05) is 7.05 Å². The highest BCUT2D eigenvalue weighted by molar-refractivity contribution is 7.10. The molecular weight excluding hydrogens is 248 g/mol. The number of hydrogen-bond donors (Lipinski definition) is 2. The first kappa shape index (κ1) is 12.7. The second kappa shape index (κ2) is 5.29. The van der Waals surface area contributed by atoms with Crippen LogP contribution in [0.1, 0.15) is 16.6 Å². The summed E-state index contributed by atoms with van der Waals surface area (Å²) in [4.78, 5) is 15.4. The Labute approximate surface area is 109 Å². The van der Waals surface area contributed by atoms with E-state index in [-0.39, 0.29) is 0 Å². The molecule has 0 fully saturated rings. The minimum Gasteiger partial charge on any atom is -0.480 e. The van der Waals surface area contributed by atoms with Gasteiger partial charge in [-0.05, 0) is 20.0 Å². The summed E-state index contributed by atoms with van der Waals surface area (Å²) in [5.74, 6) is -0.914. The van der Waals surface area contributed by atoms with Crippen molar-refractivity contribution in [3.63, 3.8) is 0 Å². The van der Waals surface area contributed by atoms with E-state index in [1.54, 1.807) is 7.05 Å². The molecule has 0 saturated heterocycles. The van der Waals surface area contributed by atoms with Gasteiger partial charge in [0.1, 0.15) is 5.01 Å². The average molecular weight is 262 g/mol. The Morgan fingerprint density at radius 3 is 2.89 bits per heavy atom. The van der Waals surface area contributed by atoms with Gasteiger partial charge in [-0.2, -0.15) is 0 Å². The minimum atomic E-state index is -0.914. The number of benzene rings is 1. The summed E-state index contributed by atoms with van der Waals surface area (Å²) >= 11 is 1.36. The number of carboxylic acid groups (broad SMARTS) is 1. The molecule has 5 heteroatoms. The van der Waals surface area contributed by atoms with Crippen molar-refractivity contribution in [2.24, 2.45) is 0 Å². The molecule has 0 saturated carbocycles. The van der Waals surface area contributed by atoms with Crippen LogP contribution in [-0.2, 0) is 4.79 Å². The van der Waals surface area contributed by atoms with Crippen LogP contribution in [0.2, 0.25) is 0 Å². The molecule has 1 aromatic heterocycles. The van der Waals surface area contributed by atoms with Gasteiger partial charge in [-0.15, -0.1) is 11.3 Å². The molecule has 94 valence electrons. The second-order valence-electron chi connectivity index (χ2n) is 4.00. The summed E-state index contributed by atoms with van der Waals surface area (Å²) in [7, 11) is 1.62. The molecule has 2 rings (SSSR count). The number of carboxylic acids is 1. The van der Waals surface area contributed by atoms with Gasteiger partial charge in [-0.1, -0.05) is 23.8 Å². The molecule has 4 nitrogen and oxygen atoms in total. The second-order valence-corrected chi connectivity index (χ2v) is 4.89. The van der Waals surface area contributed by atoms with Gasteiger partial charge >= 0.3 is 5.97 Å². The Hall–Kier alpha value is -1.72. The third-order valence-corrected chi connectivity index (χ3v) is 3.53. The predicted octanol–water partition coefficient (Wildman–Crippen LogP) is 2.46. The van der Waals surface area contributed by atoms with Gasteiger partial charge in [-0.25, -0.2) is 4.98 Å². The fraction of sp³-hybridized carbons (Fsp3) is 0.231. The molecule has 0 aliphatic heterocycles. The van der Waals surface area contributed by atoms with Gasteiger partial charge in [0.15, 0.2) is 6.04 Å². The van der Waals surface area contributed by atoms with Crippen LogP contribution in [0.4, 0.5) is 0 Å². The zero-order chi connectivity index (χ0) is 13.1. The number of rotatable bonds is 4. The summed E-state index contributed by atoms with van der Waals surface area (Å²) in [5, 5.41) is 14.3. The van der Waals surface area contributed by atoms with E-state index in [0.29, 0.717) is 5.01 Å². The first-order valence-corrected chi connectivity index (χ1v) is 6.42. The maximum absolute atomic E-state index is 11.0. The van der Waals surface area contributed by atoms with Gasteiger partial charge in [-0.3, -0.25) is 4.79 Å². The van der Waals surface area contributed by atoms with Gasteiger partial charge in [0, 0.05) is 10.9 Å². The van der Waals surface area contributed by atoms with Crippen molar-refractivity contribution in [3.05, 3.63) is 40.2 Å². The van der Waals surface area contributed by atoms with Crippen LogP contribution in [-0.4, -0.2) is 23.1 Å². The molecule has 1 unspecified atom stereocenters. The quantitative estimate of drug-likeness (QED) is 0.888. The zero-order valence-corrected chi connectivity index (χ0v) is 11.0. The largest absolute Gasteiger partial charge is 0.480 e. The normalized spacial score (nSPS) is 12.3. The molecule has 0 spiro atoms. The van der Waals surface area contributed by atoms with E-state index in [0.717, 1.165) is 16.8 Å². The van der Waals surface area contributed by atoms with Crippen molar-refractivity contribution in [1.29, 1.82) is 0 Å². The number of hydrogen-bond acceptors (Lipinski definition) is 4. The maximum atomic E-state index is 11.0. The summed E-state index contributed by atoms with van der Waals surface area (Å²) in [6, 6.07) is 7.25. The fourth-order valence-corrected chi connectivity index (χ4v) is 2.64. The first-order valence-electron chi connectivity index (χ1n) is 5.54. The molecule has 2 N–H and O–H groups in total. The van der Waals surface area contributed by atoms with Crippen LogP contribution in [0.25, 0.3) is 11.3 Å². The van der Waals surface area contributed by atoms with Crippen molar-refractivity contribution in [1.82, 2.24) is 10.3 Å². The standard InChI is InChI=1S/C13H14N2O2S/c1-8-4-3-5-9(6-8)10-7-18-12(15-10)11(14-2)13(16)17/h3-7,11,14H,1-2H3,(H,16,17). The van der Waals surface area contributed by atoms with Crippen LogP contribution in [0, 0.1) is 6.92 Å². The summed E-state index contributed by atoms with van der Waals surface area (Å²) in [6.07, 6.45) is 0. The number of nitrogens with one attached hydrogen (secondary N) is 1. The van der Waals surface area contributed by atoms with E-state index in [1.807, 2.05) is 36.6 Å². The number of thiazole rings is 1. The average Bonchev–Trinajstić information content (AvgIpc) is 2.79. The lowest BCUT2D eigenvalue weighted by Gasteiger charge is -2.06. The number of aryl methyl sites for hydroxylation is 1. The Balaban J connectivity index is 2.33. The Morgan fingerprint density at radius 1 is 1.50 bits per heavy atom. The minimum absolute atomic E-state index is 0.571. The lowest BCUT2D eigenvalue weighted by molar-refractivity contribution is -0.139. The van der Waals surface area contributed by atoms with Gasteiger partial charge < -0.3 is 10.4 Å². The van der Waals surface area contributed by atoms with Crippen molar-refractivity contribution < 1.29 is 9.90 Å². The van der Waals surface area contributed by atoms with E-state index < -0.39 is 12.0 Å². The lowest BCUT2D eigenvalue weighted by atomic mass is 10.1. The topological polar surface area (TPSA) is 62.2 Å². The Kier molecular flexibility index (Phi) is 3.74. The van der Waals surface area contributed by atoms with Crippen LogP contribution in [0.5, 0.6) is 0 Å². The Morgan fingerprint density at radius 2 is 2.28 bits per heavy atom. The molecule has 0 aliphatic rings. The van der Waals surface area contributed by atoms with Crippen LogP contribution >= 0.6 is 11.3 Å². The molecule has 18 heavy (non-hydrogen) atoms. The highest BCUT2D eigenvalue weighted by Gasteiger charge is 2.21. The van der Waals surface area contributed by atoms with E-state index in [2.05, 4.69) is 10.3 Å². The maximum Gasteiger partial charge on any atom is 0.327 e. The molecule has 1 aromatic carbocycles. The monoisotopic (exact) mass is 262 g/mol. The lowest BCUT2D eigenvalue weighted by Crippen LogP contribution is -2.24. The van der Waals surface area contributed by atoms with Gasteiger partial charge in [0.25, 0.3) is 0 Å². The highest BCUT2D eigenvalue weighted by atomic mass is 32.1. The molecule has 0 aliphatic carbocycles. The van der Waals surface area contributed by atoms with E-state index >= 15 is 0 Å². The smallest absolute Gasteiger partial charge is 0.327 e. The van der Waals surface area contributed by atoms with Crippen molar-refractivity contribution >= 4 is 17.3 Å². The molecule has 0 amide bonds. The van der Waals surface area contributed by atoms with Crippen LogP contribution < -0.4 is 5.32 Å². The van der Waals surface area contributed by atoms with E-state index in [1.165, 1.54) is 11.3 Å². The van der Waals surface area contributed by atoms with Crippen LogP contribution in [0.15, 0.2) is 29.6 Å². The molecule has 1 heterocycles.